The fraction of sp³-hybridized carbons (Fsp3) is 0.273. The molecule has 2 amide bonds. The summed E-state index contributed by atoms with van der Waals surface area (Å²) < 4.78 is 0. The maximum Gasteiger partial charge on any atom is 0.253 e. The van der Waals surface area contributed by atoms with E-state index in [0.717, 1.165) is 0 Å². The Bertz CT molecular complexity index is 450. The Balaban J connectivity index is 0.00000289. The van der Waals surface area contributed by atoms with Crippen molar-refractivity contribution < 1.29 is 9.59 Å². The van der Waals surface area contributed by atoms with Crippen molar-refractivity contribution in [2.75, 3.05) is 12.4 Å². The number of hydrogen-bond acceptors (Lipinski definition) is 3. The molecular weight excluding hydrogens is 277 g/mol. The molecule has 4 N–H and O–H groups in total. The highest BCUT2D eigenvalue weighted by atomic mass is 35.5. The molecule has 18 heavy (non-hydrogen) atoms. The highest BCUT2D eigenvalue weighted by Gasteiger charge is 2.14. The van der Waals surface area contributed by atoms with Crippen LogP contribution in [0.15, 0.2) is 18.2 Å². The molecular formula is C11H15Cl2N3O2. The maximum absolute atomic E-state index is 11.6. The van der Waals surface area contributed by atoms with E-state index in [1.807, 2.05) is 0 Å². The number of benzene rings is 1. The lowest BCUT2D eigenvalue weighted by Crippen LogP contribution is -2.33. The summed E-state index contributed by atoms with van der Waals surface area (Å²) in [6.45, 7) is 1.56. The normalized spacial score (nSPS) is 11.1. The molecule has 0 spiro atoms. The number of anilines is 1. The van der Waals surface area contributed by atoms with Crippen LogP contribution in [0.25, 0.3) is 0 Å². The van der Waals surface area contributed by atoms with Gasteiger partial charge in [-0.15, -0.1) is 12.4 Å². The van der Waals surface area contributed by atoms with Crippen LogP contribution in [0.1, 0.15) is 17.3 Å². The molecule has 0 saturated carbocycles. The minimum Gasteiger partial charge on any atom is -0.355 e. The summed E-state index contributed by atoms with van der Waals surface area (Å²) in [5, 5.41) is 5.46. The van der Waals surface area contributed by atoms with Crippen LogP contribution >= 0.6 is 24.0 Å². The average molecular weight is 292 g/mol. The molecule has 1 aromatic rings. The molecule has 1 rings (SSSR count). The Kier molecular flexibility index (Phi) is 6.68. The average Bonchev–Trinajstić information content (AvgIpc) is 2.30. The standard InChI is InChI=1S/C11H14ClN3O2.ClH/c1-6(13)10(16)15-9-4-3-7(12)5-8(9)11(17)14-2;/h3-6H,13H2,1-2H3,(H,14,17)(H,15,16);1H/t6-;/m0./s1. The van der Waals surface area contributed by atoms with Crippen molar-refractivity contribution in [1.82, 2.24) is 5.32 Å². The van der Waals surface area contributed by atoms with Gasteiger partial charge in [0.1, 0.15) is 0 Å². The molecule has 1 aromatic carbocycles. The summed E-state index contributed by atoms with van der Waals surface area (Å²) in [6.07, 6.45) is 0. The molecule has 0 heterocycles. The van der Waals surface area contributed by atoms with Gasteiger partial charge in [-0.3, -0.25) is 9.59 Å². The topological polar surface area (TPSA) is 84.2 Å². The predicted octanol–water partition coefficient (Wildman–Crippen LogP) is 1.41. The van der Waals surface area contributed by atoms with Gasteiger partial charge in [0, 0.05) is 12.1 Å². The number of carbonyl (C=O) groups excluding carboxylic acids is 2. The van der Waals surface area contributed by atoms with Crippen LogP contribution in [0.4, 0.5) is 5.69 Å². The maximum atomic E-state index is 11.6. The number of rotatable bonds is 3. The summed E-state index contributed by atoms with van der Waals surface area (Å²) in [5.41, 5.74) is 6.12. The van der Waals surface area contributed by atoms with Crippen LogP contribution in [0.3, 0.4) is 0 Å². The van der Waals surface area contributed by atoms with E-state index in [4.69, 9.17) is 17.3 Å². The van der Waals surface area contributed by atoms with Crippen molar-refractivity contribution in [2.45, 2.75) is 13.0 Å². The quantitative estimate of drug-likeness (QED) is 0.787. The lowest BCUT2D eigenvalue weighted by Gasteiger charge is -2.12. The summed E-state index contributed by atoms with van der Waals surface area (Å²) in [6, 6.07) is 3.98. The molecule has 0 radical (unpaired) electrons. The molecule has 100 valence electrons. The number of amides is 2. The molecule has 7 heteroatoms. The summed E-state index contributed by atoms with van der Waals surface area (Å²) in [7, 11) is 1.50. The second-order valence-electron chi connectivity index (χ2n) is 3.55. The fourth-order valence-electron chi connectivity index (χ4n) is 1.19. The zero-order valence-corrected chi connectivity index (χ0v) is 11.6. The second kappa shape index (κ2) is 7.20. The van der Waals surface area contributed by atoms with Gasteiger partial charge in [0.2, 0.25) is 5.91 Å². The van der Waals surface area contributed by atoms with Crippen LogP contribution in [-0.4, -0.2) is 24.9 Å². The van der Waals surface area contributed by atoms with Gasteiger partial charge in [0.25, 0.3) is 5.91 Å². The first-order valence-corrected chi connectivity index (χ1v) is 5.41. The largest absolute Gasteiger partial charge is 0.355 e. The molecule has 0 aliphatic heterocycles. The third-order valence-corrected chi connectivity index (χ3v) is 2.36. The molecule has 0 saturated heterocycles. The molecule has 1 atom stereocenters. The summed E-state index contributed by atoms with van der Waals surface area (Å²) in [4.78, 5) is 23.0. The van der Waals surface area contributed by atoms with Crippen molar-refractivity contribution >= 4 is 41.5 Å². The van der Waals surface area contributed by atoms with Crippen molar-refractivity contribution in [3.8, 4) is 0 Å². The Morgan fingerprint density at radius 2 is 2.00 bits per heavy atom. The monoisotopic (exact) mass is 291 g/mol. The van der Waals surface area contributed by atoms with E-state index >= 15 is 0 Å². The first kappa shape index (κ1) is 16.7. The Labute approximate surface area is 116 Å². The number of carbonyl (C=O) groups is 2. The highest BCUT2D eigenvalue weighted by Crippen LogP contribution is 2.20. The van der Waals surface area contributed by atoms with E-state index in [-0.39, 0.29) is 24.2 Å². The molecule has 0 fully saturated rings. The van der Waals surface area contributed by atoms with E-state index in [2.05, 4.69) is 10.6 Å². The van der Waals surface area contributed by atoms with Crippen LogP contribution in [0, 0.1) is 0 Å². The lowest BCUT2D eigenvalue weighted by molar-refractivity contribution is -0.117. The summed E-state index contributed by atoms with van der Waals surface area (Å²) in [5.74, 6) is -0.690. The van der Waals surface area contributed by atoms with Gasteiger partial charge in [-0.25, -0.2) is 0 Å². The molecule has 0 aliphatic carbocycles. The van der Waals surface area contributed by atoms with E-state index < -0.39 is 6.04 Å². The number of nitrogens with one attached hydrogen (secondary N) is 2. The molecule has 0 aromatic heterocycles. The third-order valence-electron chi connectivity index (χ3n) is 2.12. The van der Waals surface area contributed by atoms with E-state index in [1.54, 1.807) is 19.1 Å². The lowest BCUT2D eigenvalue weighted by atomic mass is 10.1. The van der Waals surface area contributed by atoms with Crippen molar-refractivity contribution in [3.63, 3.8) is 0 Å². The molecule has 5 nitrogen and oxygen atoms in total. The number of nitrogens with two attached hydrogens (primary N) is 1. The molecule has 0 unspecified atom stereocenters. The summed E-state index contributed by atoms with van der Waals surface area (Å²) >= 11 is 5.80. The van der Waals surface area contributed by atoms with Crippen LogP contribution in [0.2, 0.25) is 5.02 Å². The van der Waals surface area contributed by atoms with Crippen LogP contribution in [-0.2, 0) is 4.79 Å². The van der Waals surface area contributed by atoms with E-state index in [9.17, 15) is 9.59 Å². The van der Waals surface area contributed by atoms with Crippen LogP contribution in [0.5, 0.6) is 0 Å². The third kappa shape index (κ3) is 4.18. The molecule has 0 bridgehead atoms. The zero-order valence-electron chi connectivity index (χ0n) is 9.99. The van der Waals surface area contributed by atoms with Gasteiger partial charge in [-0.2, -0.15) is 0 Å². The van der Waals surface area contributed by atoms with Gasteiger partial charge in [0.15, 0.2) is 0 Å². The van der Waals surface area contributed by atoms with Crippen molar-refractivity contribution in [1.29, 1.82) is 0 Å². The highest BCUT2D eigenvalue weighted by molar-refractivity contribution is 6.31. The number of halogens is 2. The Morgan fingerprint density at radius 1 is 1.39 bits per heavy atom. The minimum atomic E-state index is -0.650. The van der Waals surface area contributed by atoms with E-state index in [1.165, 1.54) is 13.1 Å². The van der Waals surface area contributed by atoms with Crippen molar-refractivity contribution in [2.24, 2.45) is 5.73 Å². The van der Waals surface area contributed by atoms with Gasteiger partial charge in [0.05, 0.1) is 17.3 Å². The van der Waals surface area contributed by atoms with Gasteiger partial charge in [-0.1, -0.05) is 11.6 Å². The Hall–Kier alpha value is -1.30. The van der Waals surface area contributed by atoms with Gasteiger partial charge in [-0.05, 0) is 25.1 Å². The van der Waals surface area contributed by atoms with Crippen molar-refractivity contribution in [3.05, 3.63) is 28.8 Å². The van der Waals surface area contributed by atoms with Gasteiger partial charge < -0.3 is 16.4 Å². The Morgan fingerprint density at radius 3 is 2.50 bits per heavy atom. The fourth-order valence-corrected chi connectivity index (χ4v) is 1.37. The first-order chi connectivity index (χ1) is 7.95. The van der Waals surface area contributed by atoms with Crippen LogP contribution < -0.4 is 16.4 Å². The van der Waals surface area contributed by atoms with Gasteiger partial charge >= 0.3 is 0 Å². The zero-order chi connectivity index (χ0) is 13.0. The number of hydrogen-bond donors (Lipinski definition) is 3. The SMILES string of the molecule is CNC(=O)c1cc(Cl)ccc1NC(=O)[C@H](C)N.Cl. The predicted molar refractivity (Wildman–Crippen MR) is 74.4 cm³/mol. The molecule has 0 aliphatic rings. The smallest absolute Gasteiger partial charge is 0.253 e. The first-order valence-electron chi connectivity index (χ1n) is 5.03. The van der Waals surface area contributed by atoms with E-state index in [0.29, 0.717) is 16.3 Å². The minimum absolute atomic E-state index is 0. The second-order valence-corrected chi connectivity index (χ2v) is 3.98.